The van der Waals surface area contributed by atoms with Gasteiger partial charge < -0.3 is 11.1 Å². The Balaban J connectivity index is 1.92. The van der Waals surface area contributed by atoms with E-state index in [0.29, 0.717) is 16.5 Å². The number of thioether (sulfide) groups is 1. The molecule has 0 spiro atoms. The summed E-state index contributed by atoms with van der Waals surface area (Å²) in [6.07, 6.45) is 0.944. The van der Waals surface area contributed by atoms with Crippen molar-refractivity contribution in [3.05, 3.63) is 53.1 Å². The van der Waals surface area contributed by atoms with E-state index < -0.39 is 0 Å². The van der Waals surface area contributed by atoms with Crippen LogP contribution in [0.3, 0.4) is 0 Å². The molecule has 0 aromatic heterocycles. The third-order valence-electron chi connectivity index (χ3n) is 2.95. The molecule has 0 unspecified atom stereocenters. The number of hydrogen-bond donors (Lipinski definition) is 2. The number of rotatable bonds is 5. The number of carbonyl (C=O) groups excluding carboxylic acids is 1. The third kappa shape index (κ3) is 4.69. The normalized spacial score (nSPS) is 10.4. The van der Waals surface area contributed by atoms with Crippen LogP contribution in [0.2, 0.25) is 5.02 Å². The maximum Gasteiger partial charge on any atom is 0.234 e. The van der Waals surface area contributed by atoms with Crippen molar-refractivity contribution in [1.29, 1.82) is 0 Å². The molecule has 2 rings (SSSR count). The van der Waals surface area contributed by atoms with Gasteiger partial charge in [0.15, 0.2) is 0 Å². The molecule has 3 nitrogen and oxygen atoms in total. The number of nitrogens with one attached hydrogen (secondary N) is 1. The van der Waals surface area contributed by atoms with Crippen LogP contribution in [0.5, 0.6) is 0 Å². The lowest BCUT2D eigenvalue weighted by Gasteiger charge is -2.08. The van der Waals surface area contributed by atoms with Gasteiger partial charge in [0.2, 0.25) is 5.91 Å². The van der Waals surface area contributed by atoms with E-state index in [9.17, 15) is 4.79 Å². The monoisotopic (exact) mass is 320 g/mol. The van der Waals surface area contributed by atoms with Gasteiger partial charge in [0.25, 0.3) is 0 Å². The van der Waals surface area contributed by atoms with Crippen molar-refractivity contribution < 1.29 is 4.79 Å². The largest absolute Gasteiger partial charge is 0.398 e. The molecule has 3 N–H and O–H groups in total. The fourth-order valence-electron chi connectivity index (χ4n) is 1.86. The first-order chi connectivity index (χ1) is 10.1. The number of halogens is 1. The van der Waals surface area contributed by atoms with Crippen LogP contribution >= 0.6 is 23.4 Å². The summed E-state index contributed by atoms with van der Waals surface area (Å²) in [5.41, 5.74) is 8.47. The van der Waals surface area contributed by atoms with Crippen molar-refractivity contribution in [2.45, 2.75) is 18.2 Å². The van der Waals surface area contributed by atoms with Crippen LogP contribution in [0.4, 0.5) is 11.4 Å². The van der Waals surface area contributed by atoms with Crippen LogP contribution in [0, 0.1) is 0 Å². The Kier molecular flexibility index (Phi) is 5.53. The fraction of sp³-hybridized carbons (Fsp3) is 0.188. The second-order valence-electron chi connectivity index (χ2n) is 4.57. The Hall–Kier alpha value is -1.65. The van der Waals surface area contributed by atoms with E-state index in [-0.39, 0.29) is 5.91 Å². The summed E-state index contributed by atoms with van der Waals surface area (Å²) in [7, 11) is 0. The predicted molar refractivity (Wildman–Crippen MR) is 91.0 cm³/mol. The van der Waals surface area contributed by atoms with Gasteiger partial charge >= 0.3 is 0 Å². The Labute approximate surface area is 133 Å². The number of anilines is 2. The minimum Gasteiger partial charge on any atom is -0.398 e. The maximum absolute atomic E-state index is 12.0. The Morgan fingerprint density at radius 3 is 2.81 bits per heavy atom. The Bertz CT molecular complexity index is 646. The smallest absolute Gasteiger partial charge is 0.234 e. The molecule has 0 aliphatic carbocycles. The molecule has 5 heteroatoms. The molecule has 0 saturated heterocycles. The van der Waals surface area contributed by atoms with E-state index in [1.165, 1.54) is 17.3 Å². The number of nitrogens with two attached hydrogens (primary N) is 1. The highest BCUT2D eigenvalue weighted by atomic mass is 35.5. The molecule has 0 heterocycles. The van der Waals surface area contributed by atoms with Gasteiger partial charge in [-0.3, -0.25) is 4.79 Å². The maximum atomic E-state index is 12.0. The lowest BCUT2D eigenvalue weighted by atomic mass is 10.1. The summed E-state index contributed by atoms with van der Waals surface area (Å²) < 4.78 is 0. The molecule has 2 aromatic rings. The number of hydrogen-bond acceptors (Lipinski definition) is 3. The Morgan fingerprint density at radius 2 is 2.10 bits per heavy atom. The van der Waals surface area contributed by atoms with Gasteiger partial charge in [-0.05, 0) is 42.3 Å². The minimum absolute atomic E-state index is 0.0531. The van der Waals surface area contributed by atoms with Crippen molar-refractivity contribution in [2.24, 2.45) is 0 Å². The zero-order valence-electron chi connectivity index (χ0n) is 11.7. The number of carbonyl (C=O) groups is 1. The number of benzene rings is 2. The quantitative estimate of drug-likeness (QED) is 0.640. The first kappa shape index (κ1) is 15.7. The summed E-state index contributed by atoms with van der Waals surface area (Å²) in [4.78, 5) is 12.8. The molecule has 0 radical (unpaired) electrons. The van der Waals surface area contributed by atoms with E-state index in [2.05, 4.69) is 12.2 Å². The van der Waals surface area contributed by atoms with Gasteiger partial charge in [-0.25, -0.2) is 0 Å². The molecular weight excluding hydrogens is 304 g/mol. The standard InChI is InChI=1S/C16H17ClN2OS/c1-2-11-4-3-5-13(8-11)19-16(20)10-21-15-7-6-12(17)9-14(15)18/h3-9H,2,10,18H2,1H3,(H,19,20). The van der Waals surface area contributed by atoms with E-state index in [0.717, 1.165) is 17.0 Å². The second kappa shape index (κ2) is 7.38. The number of nitrogen functional groups attached to an aromatic ring is 1. The van der Waals surface area contributed by atoms with Crippen LogP contribution < -0.4 is 11.1 Å². The zero-order chi connectivity index (χ0) is 15.2. The molecule has 0 aliphatic heterocycles. The van der Waals surface area contributed by atoms with Gasteiger partial charge in [-0.1, -0.05) is 30.7 Å². The predicted octanol–water partition coefficient (Wildman–Crippen LogP) is 4.22. The zero-order valence-corrected chi connectivity index (χ0v) is 13.3. The number of amides is 1. The highest BCUT2D eigenvalue weighted by Crippen LogP contribution is 2.27. The average molecular weight is 321 g/mol. The molecule has 0 bridgehead atoms. The van der Waals surface area contributed by atoms with Gasteiger partial charge in [0.1, 0.15) is 0 Å². The molecular formula is C16H17ClN2OS. The van der Waals surface area contributed by atoms with E-state index in [1.807, 2.05) is 30.3 Å². The van der Waals surface area contributed by atoms with E-state index in [4.69, 9.17) is 17.3 Å². The second-order valence-corrected chi connectivity index (χ2v) is 6.03. The van der Waals surface area contributed by atoms with Gasteiger partial charge in [-0.2, -0.15) is 0 Å². The highest BCUT2D eigenvalue weighted by Gasteiger charge is 2.06. The molecule has 110 valence electrons. The van der Waals surface area contributed by atoms with E-state index in [1.54, 1.807) is 12.1 Å². The summed E-state index contributed by atoms with van der Waals surface area (Å²) in [5, 5.41) is 3.49. The van der Waals surface area contributed by atoms with E-state index >= 15 is 0 Å². The molecule has 0 saturated carbocycles. The highest BCUT2D eigenvalue weighted by molar-refractivity contribution is 8.00. The van der Waals surface area contributed by atoms with Crippen LogP contribution in [0.25, 0.3) is 0 Å². The Morgan fingerprint density at radius 1 is 1.29 bits per heavy atom. The van der Waals surface area contributed by atoms with Crippen molar-refractivity contribution in [1.82, 2.24) is 0 Å². The van der Waals surface area contributed by atoms with Crippen molar-refractivity contribution in [2.75, 3.05) is 16.8 Å². The van der Waals surface area contributed by atoms with Crippen molar-refractivity contribution in [3.63, 3.8) is 0 Å². The molecule has 2 aromatic carbocycles. The first-order valence-electron chi connectivity index (χ1n) is 6.65. The SMILES string of the molecule is CCc1cccc(NC(=O)CSc2ccc(Cl)cc2N)c1. The summed E-state index contributed by atoms with van der Waals surface area (Å²) in [6, 6.07) is 13.1. The topological polar surface area (TPSA) is 55.1 Å². The number of aryl methyl sites for hydroxylation is 1. The summed E-state index contributed by atoms with van der Waals surface area (Å²) in [6.45, 7) is 2.08. The summed E-state index contributed by atoms with van der Waals surface area (Å²) in [5.74, 6) is 0.255. The van der Waals surface area contributed by atoms with Crippen molar-refractivity contribution >= 4 is 40.6 Å². The lowest BCUT2D eigenvalue weighted by molar-refractivity contribution is -0.113. The molecule has 21 heavy (non-hydrogen) atoms. The third-order valence-corrected chi connectivity index (χ3v) is 4.27. The average Bonchev–Trinajstić information content (AvgIpc) is 2.46. The van der Waals surface area contributed by atoms with Crippen LogP contribution in [0.1, 0.15) is 12.5 Å². The minimum atomic E-state index is -0.0531. The molecule has 1 amide bonds. The van der Waals surface area contributed by atoms with Gasteiger partial charge in [0.05, 0.1) is 5.75 Å². The molecule has 0 atom stereocenters. The lowest BCUT2D eigenvalue weighted by Crippen LogP contribution is -2.14. The van der Waals surface area contributed by atoms with Crippen molar-refractivity contribution in [3.8, 4) is 0 Å². The first-order valence-corrected chi connectivity index (χ1v) is 8.01. The fourth-order valence-corrected chi connectivity index (χ4v) is 2.79. The molecule has 0 fully saturated rings. The van der Waals surface area contributed by atoms with Gasteiger partial charge in [-0.15, -0.1) is 11.8 Å². The van der Waals surface area contributed by atoms with Crippen LogP contribution in [-0.4, -0.2) is 11.7 Å². The van der Waals surface area contributed by atoms with Gasteiger partial charge in [0, 0.05) is 21.3 Å². The van der Waals surface area contributed by atoms with Crippen LogP contribution in [-0.2, 0) is 11.2 Å². The molecule has 0 aliphatic rings. The summed E-state index contributed by atoms with van der Waals surface area (Å²) >= 11 is 7.24. The van der Waals surface area contributed by atoms with Crippen LogP contribution in [0.15, 0.2) is 47.4 Å².